The normalized spacial score (nSPS) is 14.8. The van der Waals surface area contributed by atoms with Crippen molar-refractivity contribution in [1.29, 1.82) is 0 Å². The van der Waals surface area contributed by atoms with E-state index in [1.54, 1.807) is 32.4 Å². The largest absolute Gasteiger partial charge is 0.497 e. The Balaban J connectivity index is 1.53. The van der Waals surface area contributed by atoms with E-state index >= 15 is 0 Å². The molecule has 1 heterocycles. The molecule has 7 heteroatoms. The van der Waals surface area contributed by atoms with Gasteiger partial charge in [0.25, 0.3) is 5.91 Å². The van der Waals surface area contributed by atoms with Gasteiger partial charge in [-0.2, -0.15) is 0 Å². The Morgan fingerprint density at radius 3 is 2.58 bits per heavy atom. The maximum atomic E-state index is 12.9. The number of nitrogens with zero attached hydrogens (tertiary/aromatic N) is 1. The van der Waals surface area contributed by atoms with Crippen LogP contribution in [0.2, 0.25) is 0 Å². The molecule has 0 radical (unpaired) electrons. The average molecular weight is 426 g/mol. The van der Waals surface area contributed by atoms with Gasteiger partial charge in [-0.15, -0.1) is 0 Å². The second kappa shape index (κ2) is 11.5. The van der Waals surface area contributed by atoms with E-state index in [0.29, 0.717) is 24.4 Å². The van der Waals surface area contributed by atoms with E-state index in [1.165, 1.54) is 5.56 Å². The zero-order chi connectivity index (χ0) is 22.1. The Bertz CT molecular complexity index is 879. The molecule has 3 rings (SSSR count). The minimum absolute atomic E-state index is 0.0295. The standard InChI is InChI=1S/C24H31N3O4/c1-30-15-12-25-24(29)21-8-3-4-9-22(21)26-23(28)19-10-13-27(14-11-19)17-18-6-5-7-20(16-18)31-2/h3-9,16,19H,10-15,17H2,1-2H3,(H,25,29)(H,26,28). The lowest BCUT2D eigenvalue weighted by molar-refractivity contribution is -0.121. The molecule has 1 aliphatic rings. The summed E-state index contributed by atoms with van der Waals surface area (Å²) in [5.74, 6) is 0.544. The van der Waals surface area contributed by atoms with Crippen molar-refractivity contribution in [2.24, 2.45) is 5.92 Å². The van der Waals surface area contributed by atoms with Crippen LogP contribution in [0.15, 0.2) is 48.5 Å². The van der Waals surface area contributed by atoms with Crippen molar-refractivity contribution < 1.29 is 19.1 Å². The summed E-state index contributed by atoms with van der Waals surface area (Å²) < 4.78 is 10.3. The van der Waals surface area contributed by atoms with Gasteiger partial charge < -0.3 is 20.1 Å². The quantitative estimate of drug-likeness (QED) is 0.604. The highest BCUT2D eigenvalue weighted by Crippen LogP contribution is 2.23. The van der Waals surface area contributed by atoms with Crippen molar-refractivity contribution in [1.82, 2.24) is 10.2 Å². The minimum Gasteiger partial charge on any atom is -0.497 e. The molecule has 0 unspecified atom stereocenters. The lowest BCUT2D eigenvalue weighted by Gasteiger charge is -2.31. The van der Waals surface area contributed by atoms with Crippen LogP contribution in [0.3, 0.4) is 0 Å². The SMILES string of the molecule is COCCNC(=O)c1ccccc1NC(=O)C1CCN(Cc2cccc(OC)c2)CC1. The van der Waals surface area contributed by atoms with E-state index in [-0.39, 0.29) is 17.7 Å². The number of anilines is 1. The number of methoxy groups -OCH3 is 2. The number of para-hydroxylation sites is 1. The Morgan fingerprint density at radius 2 is 1.84 bits per heavy atom. The van der Waals surface area contributed by atoms with Crippen molar-refractivity contribution in [3.05, 3.63) is 59.7 Å². The molecule has 0 spiro atoms. The highest BCUT2D eigenvalue weighted by atomic mass is 16.5. The number of hydrogen-bond acceptors (Lipinski definition) is 5. The minimum atomic E-state index is -0.221. The summed E-state index contributed by atoms with van der Waals surface area (Å²) in [6.07, 6.45) is 1.58. The van der Waals surface area contributed by atoms with Gasteiger partial charge in [0.1, 0.15) is 5.75 Å². The highest BCUT2D eigenvalue weighted by molar-refractivity contribution is 6.04. The summed E-state index contributed by atoms with van der Waals surface area (Å²) in [6, 6.07) is 15.2. The zero-order valence-corrected chi connectivity index (χ0v) is 18.2. The molecule has 0 aromatic heterocycles. The lowest BCUT2D eigenvalue weighted by atomic mass is 9.95. The average Bonchev–Trinajstić information content (AvgIpc) is 2.80. The van der Waals surface area contributed by atoms with Crippen LogP contribution in [0.25, 0.3) is 0 Å². The third-order valence-electron chi connectivity index (χ3n) is 5.52. The predicted molar refractivity (Wildman–Crippen MR) is 120 cm³/mol. The molecular formula is C24H31N3O4. The number of benzene rings is 2. The third kappa shape index (κ3) is 6.54. The number of likely N-dealkylation sites (tertiary alicyclic amines) is 1. The molecule has 0 saturated carbocycles. The topological polar surface area (TPSA) is 79.9 Å². The van der Waals surface area contributed by atoms with Gasteiger partial charge in [0, 0.05) is 26.1 Å². The van der Waals surface area contributed by atoms with Crippen LogP contribution in [-0.4, -0.2) is 57.2 Å². The molecule has 31 heavy (non-hydrogen) atoms. The van der Waals surface area contributed by atoms with Gasteiger partial charge in [0.2, 0.25) is 5.91 Å². The first-order valence-electron chi connectivity index (χ1n) is 10.6. The first-order valence-corrected chi connectivity index (χ1v) is 10.6. The highest BCUT2D eigenvalue weighted by Gasteiger charge is 2.26. The van der Waals surface area contributed by atoms with Crippen molar-refractivity contribution in [2.75, 3.05) is 45.8 Å². The van der Waals surface area contributed by atoms with E-state index in [9.17, 15) is 9.59 Å². The van der Waals surface area contributed by atoms with Crippen LogP contribution >= 0.6 is 0 Å². The summed E-state index contributed by atoms with van der Waals surface area (Å²) >= 11 is 0. The Morgan fingerprint density at radius 1 is 1.06 bits per heavy atom. The summed E-state index contributed by atoms with van der Waals surface area (Å²) in [7, 11) is 3.26. The maximum absolute atomic E-state index is 12.9. The van der Waals surface area contributed by atoms with Crippen LogP contribution in [0, 0.1) is 5.92 Å². The van der Waals surface area contributed by atoms with Crippen molar-refractivity contribution in [2.45, 2.75) is 19.4 Å². The van der Waals surface area contributed by atoms with E-state index < -0.39 is 0 Å². The maximum Gasteiger partial charge on any atom is 0.253 e. The van der Waals surface area contributed by atoms with Gasteiger partial charge in [-0.25, -0.2) is 0 Å². The molecule has 0 atom stereocenters. The van der Waals surface area contributed by atoms with Gasteiger partial charge in [-0.05, 0) is 55.8 Å². The van der Waals surface area contributed by atoms with E-state index in [1.807, 2.05) is 24.3 Å². The van der Waals surface area contributed by atoms with E-state index in [4.69, 9.17) is 9.47 Å². The first-order chi connectivity index (χ1) is 15.1. The van der Waals surface area contributed by atoms with Crippen LogP contribution in [0.1, 0.15) is 28.8 Å². The predicted octanol–water partition coefficient (Wildman–Crippen LogP) is 2.92. The lowest BCUT2D eigenvalue weighted by Crippen LogP contribution is -2.38. The fraction of sp³-hybridized carbons (Fsp3) is 0.417. The van der Waals surface area contributed by atoms with Crippen LogP contribution < -0.4 is 15.4 Å². The first kappa shape index (κ1) is 22.8. The number of ether oxygens (including phenoxy) is 2. The molecule has 0 bridgehead atoms. The smallest absolute Gasteiger partial charge is 0.253 e. The molecule has 2 aromatic rings. The molecule has 1 fully saturated rings. The number of carbonyl (C=O) groups excluding carboxylic acids is 2. The van der Waals surface area contributed by atoms with Crippen LogP contribution in [0.5, 0.6) is 5.75 Å². The third-order valence-corrected chi connectivity index (χ3v) is 5.52. The van der Waals surface area contributed by atoms with Gasteiger partial charge in [-0.3, -0.25) is 14.5 Å². The second-order valence-electron chi connectivity index (χ2n) is 7.69. The van der Waals surface area contributed by atoms with Gasteiger partial charge in [0.15, 0.2) is 0 Å². The summed E-state index contributed by atoms with van der Waals surface area (Å²) in [5.41, 5.74) is 2.21. The molecular weight excluding hydrogens is 394 g/mol. The van der Waals surface area contributed by atoms with Gasteiger partial charge in [-0.1, -0.05) is 24.3 Å². The van der Waals surface area contributed by atoms with Crippen LogP contribution in [0.4, 0.5) is 5.69 Å². The summed E-state index contributed by atoms with van der Waals surface area (Å²) in [6.45, 7) is 3.41. The summed E-state index contributed by atoms with van der Waals surface area (Å²) in [4.78, 5) is 27.6. The van der Waals surface area contributed by atoms with Crippen LogP contribution in [-0.2, 0) is 16.1 Å². The molecule has 1 saturated heterocycles. The molecule has 2 aromatic carbocycles. The van der Waals surface area contributed by atoms with Crippen molar-refractivity contribution in [3.8, 4) is 5.75 Å². The number of nitrogens with one attached hydrogen (secondary N) is 2. The van der Waals surface area contributed by atoms with Gasteiger partial charge >= 0.3 is 0 Å². The second-order valence-corrected chi connectivity index (χ2v) is 7.69. The van der Waals surface area contributed by atoms with Gasteiger partial charge in [0.05, 0.1) is 25.0 Å². The molecule has 1 aliphatic heterocycles. The number of carbonyl (C=O) groups is 2. The number of piperidine rings is 1. The number of amides is 2. The fourth-order valence-corrected chi connectivity index (χ4v) is 3.77. The Labute approximate surface area is 183 Å². The Kier molecular flexibility index (Phi) is 8.44. The zero-order valence-electron chi connectivity index (χ0n) is 18.2. The Hall–Kier alpha value is -2.90. The van der Waals surface area contributed by atoms with Crippen molar-refractivity contribution in [3.63, 3.8) is 0 Å². The molecule has 0 aliphatic carbocycles. The molecule has 7 nitrogen and oxygen atoms in total. The monoisotopic (exact) mass is 425 g/mol. The number of hydrogen-bond donors (Lipinski definition) is 2. The van der Waals surface area contributed by atoms with Crippen molar-refractivity contribution >= 4 is 17.5 Å². The molecule has 166 valence electrons. The fourth-order valence-electron chi connectivity index (χ4n) is 3.77. The molecule has 2 amide bonds. The van der Waals surface area contributed by atoms with E-state index in [2.05, 4.69) is 21.6 Å². The van der Waals surface area contributed by atoms with E-state index in [0.717, 1.165) is 38.2 Å². The number of rotatable bonds is 9. The molecule has 2 N–H and O–H groups in total. The summed E-state index contributed by atoms with van der Waals surface area (Å²) in [5, 5.41) is 5.76.